The normalized spacial score (nSPS) is 12.4. The molecule has 0 bridgehead atoms. The molecule has 0 aliphatic carbocycles. The van der Waals surface area contributed by atoms with Crippen LogP contribution in [0.1, 0.15) is 26.3 Å². The molecule has 1 aromatic rings. The van der Waals surface area contributed by atoms with Crippen LogP contribution in [-0.2, 0) is 14.3 Å². The summed E-state index contributed by atoms with van der Waals surface area (Å²) in [4.78, 5) is 12.0. The fourth-order valence-corrected chi connectivity index (χ4v) is 1.74. The SMILES string of the molecule is Cc1cc(N)ccc1NC(=O)C(C)OCCOCC(C)C. The van der Waals surface area contributed by atoms with Gasteiger partial charge in [-0.1, -0.05) is 13.8 Å². The summed E-state index contributed by atoms with van der Waals surface area (Å²) in [6, 6.07) is 5.37. The van der Waals surface area contributed by atoms with Crippen LogP contribution in [0.15, 0.2) is 18.2 Å². The van der Waals surface area contributed by atoms with Gasteiger partial charge in [-0.2, -0.15) is 0 Å². The van der Waals surface area contributed by atoms with Crippen molar-refractivity contribution >= 4 is 17.3 Å². The van der Waals surface area contributed by atoms with E-state index in [1.165, 1.54) is 0 Å². The molecule has 0 saturated carbocycles. The van der Waals surface area contributed by atoms with Gasteiger partial charge in [0.25, 0.3) is 5.91 Å². The molecule has 1 aromatic carbocycles. The van der Waals surface area contributed by atoms with Crippen LogP contribution >= 0.6 is 0 Å². The predicted octanol–water partition coefficient (Wildman–Crippen LogP) is 2.59. The second-order valence-corrected chi connectivity index (χ2v) is 5.55. The van der Waals surface area contributed by atoms with Crippen molar-refractivity contribution in [1.82, 2.24) is 0 Å². The highest BCUT2D eigenvalue weighted by atomic mass is 16.5. The van der Waals surface area contributed by atoms with Crippen LogP contribution in [0.5, 0.6) is 0 Å². The van der Waals surface area contributed by atoms with Crippen molar-refractivity contribution in [3.05, 3.63) is 23.8 Å². The quantitative estimate of drug-likeness (QED) is 0.571. The maximum atomic E-state index is 12.0. The Labute approximate surface area is 126 Å². The number of nitrogens with two attached hydrogens (primary N) is 1. The van der Waals surface area contributed by atoms with Gasteiger partial charge in [0.05, 0.1) is 13.2 Å². The molecule has 0 aliphatic rings. The number of ether oxygens (including phenoxy) is 2. The van der Waals surface area contributed by atoms with Crippen LogP contribution in [-0.4, -0.2) is 31.8 Å². The average molecular weight is 294 g/mol. The van der Waals surface area contributed by atoms with Gasteiger partial charge in [0.15, 0.2) is 0 Å². The van der Waals surface area contributed by atoms with E-state index >= 15 is 0 Å². The minimum absolute atomic E-state index is 0.174. The summed E-state index contributed by atoms with van der Waals surface area (Å²) in [7, 11) is 0. The third kappa shape index (κ3) is 6.60. The van der Waals surface area contributed by atoms with Crippen molar-refractivity contribution in [2.75, 3.05) is 30.9 Å². The lowest BCUT2D eigenvalue weighted by molar-refractivity contribution is -0.127. The zero-order valence-corrected chi connectivity index (χ0v) is 13.3. The van der Waals surface area contributed by atoms with Gasteiger partial charge in [0.1, 0.15) is 6.10 Å². The topological polar surface area (TPSA) is 73.6 Å². The van der Waals surface area contributed by atoms with Gasteiger partial charge in [0.2, 0.25) is 0 Å². The molecule has 0 spiro atoms. The number of aryl methyl sites for hydroxylation is 1. The van der Waals surface area contributed by atoms with Crippen LogP contribution in [0.2, 0.25) is 0 Å². The molecule has 0 fully saturated rings. The molecule has 0 heterocycles. The van der Waals surface area contributed by atoms with E-state index in [9.17, 15) is 4.79 Å². The van der Waals surface area contributed by atoms with Crippen LogP contribution in [0.25, 0.3) is 0 Å². The van der Waals surface area contributed by atoms with E-state index in [1.807, 2.05) is 13.0 Å². The Bertz CT molecular complexity index is 461. The number of benzene rings is 1. The second kappa shape index (κ2) is 8.64. The van der Waals surface area contributed by atoms with E-state index in [0.717, 1.165) is 11.3 Å². The lowest BCUT2D eigenvalue weighted by atomic mass is 10.1. The van der Waals surface area contributed by atoms with E-state index in [0.29, 0.717) is 31.4 Å². The molecule has 0 aromatic heterocycles. The lowest BCUT2D eigenvalue weighted by Gasteiger charge is -2.15. The summed E-state index contributed by atoms with van der Waals surface area (Å²) in [5.74, 6) is 0.325. The van der Waals surface area contributed by atoms with Gasteiger partial charge in [-0.15, -0.1) is 0 Å². The highest BCUT2D eigenvalue weighted by Gasteiger charge is 2.14. The Kier molecular flexibility index (Phi) is 7.19. The summed E-state index contributed by atoms with van der Waals surface area (Å²) in [5, 5.41) is 2.84. The molecule has 5 nitrogen and oxygen atoms in total. The van der Waals surface area contributed by atoms with Gasteiger partial charge < -0.3 is 20.5 Å². The molecule has 0 radical (unpaired) electrons. The first-order valence-corrected chi connectivity index (χ1v) is 7.26. The molecular weight excluding hydrogens is 268 g/mol. The predicted molar refractivity (Wildman–Crippen MR) is 85.3 cm³/mol. The number of hydrogen-bond donors (Lipinski definition) is 2. The van der Waals surface area contributed by atoms with E-state index in [1.54, 1.807) is 19.1 Å². The van der Waals surface area contributed by atoms with Gasteiger partial charge >= 0.3 is 0 Å². The summed E-state index contributed by atoms with van der Waals surface area (Å²) >= 11 is 0. The number of nitrogen functional groups attached to an aromatic ring is 1. The van der Waals surface area contributed by atoms with Crippen molar-refractivity contribution < 1.29 is 14.3 Å². The molecule has 21 heavy (non-hydrogen) atoms. The molecule has 118 valence electrons. The maximum Gasteiger partial charge on any atom is 0.253 e. The van der Waals surface area contributed by atoms with Crippen LogP contribution in [0, 0.1) is 12.8 Å². The standard InChI is InChI=1S/C16H26N2O3/c1-11(2)10-20-7-8-21-13(4)16(19)18-15-6-5-14(17)9-12(15)3/h5-6,9,11,13H,7-8,10,17H2,1-4H3,(H,18,19). The third-order valence-electron chi connectivity index (χ3n) is 2.92. The Hall–Kier alpha value is -1.59. The number of amides is 1. The first kappa shape index (κ1) is 17.5. The largest absolute Gasteiger partial charge is 0.399 e. The maximum absolute atomic E-state index is 12.0. The van der Waals surface area contributed by atoms with Crippen molar-refractivity contribution in [2.24, 2.45) is 5.92 Å². The average Bonchev–Trinajstić information content (AvgIpc) is 2.40. The van der Waals surface area contributed by atoms with Crippen molar-refractivity contribution in [1.29, 1.82) is 0 Å². The molecule has 3 N–H and O–H groups in total. The van der Waals surface area contributed by atoms with E-state index in [-0.39, 0.29) is 5.91 Å². The van der Waals surface area contributed by atoms with Gasteiger partial charge in [-0.25, -0.2) is 0 Å². The van der Waals surface area contributed by atoms with Gasteiger partial charge in [0, 0.05) is 18.0 Å². The van der Waals surface area contributed by atoms with Crippen molar-refractivity contribution in [2.45, 2.75) is 33.8 Å². The number of carbonyl (C=O) groups is 1. The van der Waals surface area contributed by atoms with Crippen LogP contribution in [0.3, 0.4) is 0 Å². The van der Waals surface area contributed by atoms with E-state index < -0.39 is 6.10 Å². The summed E-state index contributed by atoms with van der Waals surface area (Å²) in [6.07, 6.45) is -0.524. The molecule has 1 unspecified atom stereocenters. The molecule has 1 rings (SSSR count). The molecular formula is C16H26N2O3. The zero-order chi connectivity index (χ0) is 15.8. The number of hydrogen-bond acceptors (Lipinski definition) is 4. The minimum atomic E-state index is -0.524. The first-order valence-electron chi connectivity index (χ1n) is 7.26. The van der Waals surface area contributed by atoms with E-state index in [4.69, 9.17) is 15.2 Å². The smallest absolute Gasteiger partial charge is 0.253 e. The van der Waals surface area contributed by atoms with Gasteiger partial charge in [-0.3, -0.25) is 4.79 Å². The molecule has 5 heteroatoms. The number of anilines is 2. The Morgan fingerprint density at radius 2 is 2.00 bits per heavy atom. The number of carbonyl (C=O) groups excluding carboxylic acids is 1. The summed E-state index contributed by atoms with van der Waals surface area (Å²) in [6.45, 7) is 9.41. The van der Waals surface area contributed by atoms with Gasteiger partial charge in [-0.05, 0) is 43.5 Å². The second-order valence-electron chi connectivity index (χ2n) is 5.55. The molecule has 0 aliphatic heterocycles. The minimum Gasteiger partial charge on any atom is -0.399 e. The third-order valence-corrected chi connectivity index (χ3v) is 2.92. The molecule has 1 amide bonds. The highest BCUT2D eigenvalue weighted by Crippen LogP contribution is 2.17. The first-order chi connectivity index (χ1) is 9.90. The zero-order valence-electron chi connectivity index (χ0n) is 13.3. The van der Waals surface area contributed by atoms with Crippen molar-refractivity contribution in [3.8, 4) is 0 Å². The van der Waals surface area contributed by atoms with E-state index in [2.05, 4.69) is 19.2 Å². The molecule has 0 saturated heterocycles. The number of nitrogens with one attached hydrogen (secondary N) is 1. The van der Waals surface area contributed by atoms with Crippen LogP contribution < -0.4 is 11.1 Å². The Balaban J connectivity index is 2.34. The summed E-state index contributed by atoms with van der Waals surface area (Å²) < 4.78 is 10.9. The highest BCUT2D eigenvalue weighted by molar-refractivity contribution is 5.94. The summed E-state index contributed by atoms with van der Waals surface area (Å²) in [5.41, 5.74) is 8.04. The molecule has 1 atom stereocenters. The number of rotatable bonds is 8. The Morgan fingerprint density at radius 3 is 2.62 bits per heavy atom. The fourth-order valence-electron chi connectivity index (χ4n) is 1.74. The lowest BCUT2D eigenvalue weighted by Crippen LogP contribution is -2.29. The Morgan fingerprint density at radius 1 is 1.29 bits per heavy atom. The fraction of sp³-hybridized carbons (Fsp3) is 0.562. The van der Waals surface area contributed by atoms with Crippen LogP contribution in [0.4, 0.5) is 11.4 Å². The van der Waals surface area contributed by atoms with Crippen molar-refractivity contribution in [3.63, 3.8) is 0 Å². The monoisotopic (exact) mass is 294 g/mol.